The maximum Gasteiger partial charge on any atom is 0.269 e. The molecule has 116 valence electrons. The normalized spacial score (nSPS) is 17.0. The summed E-state index contributed by atoms with van der Waals surface area (Å²) in [6.07, 6.45) is 4.74. The van der Waals surface area contributed by atoms with E-state index in [9.17, 15) is 15.4 Å². The standard InChI is InChI=1S/C17H15N3O2S/c1-11-2-7-14-15(9-18)17(23-16(14)8-11)19-10-12-3-5-13(6-4-12)20(21)22/h3-6,10-11H,2,7-8H2,1H3/b19-10+. The molecule has 0 N–H and O–H groups in total. The van der Waals surface area contributed by atoms with Crippen LogP contribution in [0.4, 0.5) is 10.7 Å². The molecule has 1 aliphatic rings. The van der Waals surface area contributed by atoms with Gasteiger partial charge in [0.15, 0.2) is 0 Å². The molecule has 5 nitrogen and oxygen atoms in total. The Hall–Kier alpha value is -2.52. The second-order valence-electron chi connectivity index (χ2n) is 5.75. The van der Waals surface area contributed by atoms with E-state index in [0.717, 1.165) is 35.4 Å². The molecule has 0 saturated heterocycles. The molecule has 3 rings (SSSR count). The molecule has 0 radical (unpaired) electrons. The monoisotopic (exact) mass is 325 g/mol. The number of nitro benzene ring substituents is 1. The molecule has 1 unspecified atom stereocenters. The number of hydrogen-bond donors (Lipinski definition) is 0. The van der Waals surface area contributed by atoms with Crippen LogP contribution >= 0.6 is 11.3 Å². The number of nitro groups is 1. The van der Waals surface area contributed by atoms with Crippen LogP contribution in [0.15, 0.2) is 29.3 Å². The van der Waals surface area contributed by atoms with E-state index in [0.29, 0.717) is 11.5 Å². The minimum atomic E-state index is -0.427. The van der Waals surface area contributed by atoms with E-state index >= 15 is 0 Å². The Morgan fingerprint density at radius 3 is 2.83 bits per heavy atom. The second kappa shape index (κ2) is 6.31. The van der Waals surface area contributed by atoms with E-state index in [1.165, 1.54) is 17.0 Å². The Balaban J connectivity index is 1.88. The van der Waals surface area contributed by atoms with Gasteiger partial charge in [0.1, 0.15) is 11.1 Å². The molecule has 0 aliphatic heterocycles. The van der Waals surface area contributed by atoms with E-state index in [-0.39, 0.29) is 5.69 Å². The maximum atomic E-state index is 10.7. The lowest BCUT2D eigenvalue weighted by Gasteiger charge is -2.17. The highest BCUT2D eigenvalue weighted by molar-refractivity contribution is 7.16. The van der Waals surface area contributed by atoms with Crippen molar-refractivity contribution in [2.24, 2.45) is 10.9 Å². The maximum absolute atomic E-state index is 10.7. The van der Waals surface area contributed by atoms with Gasteiger partial charge in [0.05, 0.1) is 10.5 Å². The average Bonchev–Trinajstić information content (AvgIpc) is 2.89. The van der Waals surface area contributed by atoms with E-state index in [1.54, 1.807) is 29.7 Å². The van der Waals surface area contributed by atoms with Gasteiger partial charge in [-0.05, 0) is 48.4 Å². The summed E-state index contributed by atoms with van der Waals surface area (Å²) in [5.41, 5.74) is 2.68. The van der Waals surface area contributed by atoms with Gasteiger partial charge in [-0.1, -0.05) is 6.92 Å². The number of nitriles is 1. The fourth-order valence-corrected chi connectivity index (χ4v) is 4.06. The first-order chi connectivity index (χ1) is 11.1. The zero-order valence-electron chi connectivity index (χ0n) is 12.7. The van der Waals surface area contributed by atoms with Crippen molar-refractivity contribution in [2.45, 2.75) is 26.2 Å². The van der Waals surface area contributed by atoms with Crippen LogP contribution in [0, 0.1) is 27.4 Å². The van der Waals surface area contributed by atoms with E-state index < -0.39 is 4.92 Å². The Morgan fingerprint density at radius 2 is 2.17 bits per heavy atom. The molecule has 6 heteroatoms. The predicted molar refractivity (Wildman–Crippen MR) is 90.6 cm³/mol. The lowest BCUT2D eigenvalue weighted by Crippen LogP contribution is -2.09. The molecule has 23 heavy (non-hydrogen) atoms. The van der Waals surface area contributed by atoms with Crippen molar-refractivity contribution in [2.75, 3.05) is 0 Å². The van der Waals surface area contributed by atoms with Crippen LogP contribution in [0.25, 0.3) is 0 Å². The van der Waals surface area contributed by atoms with Crippen molar-refractivity contribution in [3.8, 4) is 6.07 Å². The van der Waals surface area contributed by atoms with E-state index in [2.05, 4.69) is 18.0 Å². The molecule has 0 saturated carbocycles. The van der Waals surface area contributed by atoms with Crippen molar-refractivity contribution in [1.82, 2.24) is 0 Å². The molecule has 1 atom stereocenters. The molecular weight excluding hydrogens is 310 g/mol. The number of benzene rings is 1. The third-order valence-corrected chi connectivity index (χ3v) is 5.20. The highest BCUT2D eigenvalue weighted by Crippen LogP contribution is 2.40. The largest absolute Gasteiger partial charge is 0.269 e. The van der Waals surface area contributed by atoms with Crippen molar-refractivity contribution in [3.05, 3.63) is 55.9 Å². The first kappa shape index (κ1) is 15.4. The molecule has 2 aromatic rings. The fraction of sp³-hybridized carbons (Fsp3) is 0.294. The lowest BCUT2D eigenvalue weighted by atomic mass is 9.89. The minimum absolute atomic E-state index is 0.0560. The number of fused-ring (bicyclic) bond motifs is 1. The average molecular weight is 325 g/mol. The van der Waals surface area contributed by atoms with Crippen LogP contribution in [-0.2, 0) is 12.8 Å². The van der Waals surface area contributed by atoms with Gasteiger partial charge < -0.3 is 0 Å². The summed E-state index contributed by atoms with van der Waals surface area (Å²) in [6, 6.07) is 8.50. The van der Waals surface area contributed by atoms with Gasteiger partial charge in [-0.3, -0.25) is 10.1 Å². The van der Waals surface area contributed by atoms with Gasteiger partial charge in [0.25, 0.3) is 5.69 Å². The third kappa shape index (κ3) is 3.15. The number of non-ortho nitro benzene ring substituents is 1. The summed E-state index contributed by atoms with van der Waals surface area (Å²) >= 11 is 1.59. The van der Waals surface area contributed by atoms with E-state index in [4.69, 9.17) is 0 Å². The van der Waals surface area contributed by atoms with Crippen LogP contribution < -0.4 is 0 Å². The van der Waals surface area contributed by atoms with Crippen LogP contribution in [0.3, 0.4) is 0 Å². The van der Waals surface area contributed by atoms with Crippen LogP contribution in [-0.4, -0.2) is 11.1 Å². The third-order valence-electron chi connectivity index (χ3n) is 4.04. The van der Waals surface area contributed by atoms with Crippen LogP contribution in [0.2, 0.25) is 0 Å². The summed E-state index contributed by atoms with van der Waals surface area (Å²) in [5, 5.41) is 20.8. The van der Waals surface area contributed by atoms with Gasteiger partial charge in [-0.2, -0.15) is 5.26 Å². The first-order valence-electron chi connectivity index (χ1n) is 7.41. The summed E-state index contributed by atoms with van der Waals surface area (Å²) in [7, 11) is 0. The van der Waals surface area contributed by atoms with Gasteiger partial charge in [-0.15, -0.1) is 11.3 Å². The zero-order chi connectivity index (χ0) is 16.4. The highest BCUT2D eigenvalue weighted by atomic mass is 32.1. The Labute approximate surface area is 138 Å². The van der Waals surface area contributed by atoms with Gasteiger partial charge >= 0.3 is 0 Å². The number of nitrogens with zero attached hydrogens (tertiary/aromatic N) is 3. The highest BCUT2D eigenvalue weighted by Gasteiger charge is 2.23. The minimum Gasteiger partial charge on any atom is -0.258 e. The smallest absolute Gasteiger partial charge is 0.258 e. The molecule has 1 aromatic heterocycles. The second-order valence-corrected chi connectivity index (χ2v) is 6.83. The quantitative estimate of drug-likeness (QED) is 0.476. The molecule has 0 bridgehead atoms. The van der Waals surface area contributed by atoms with Crippen molar-refractivity contribution in [1.29, 1.82) is 5.26 Å². The molecule has 0 amide bonds. The number of thiophene rings is 1. The van der Waals surface area contributed by atoms with Crippen LogP contribution in [0.5, 0.6) is 0 Å². The lowest BCUT2D eigenvalue weighted by molar-refractivity contribution is -0.384. The number of aliphatic imine (C=N–C) groups is 1. The fourth-order valence-electron chi connectivity index (χ4n) is 2.76. The van der Waals surface area contributed by atoms with Crippen molar-refractivity contribution >= 4 is 28.2 Å². The van der Waals surface area contributed by atoms with Crippen molar-refractivity contribution < 1.29 is 4.92 Å². The molecule has 1 aliphatic carbocycles. The predicted octanol–water partition coefficient (Wildman–Crippen LogP) is 4.40. The molecule has 1 heterocycles. The molecule has 0 fully saturated rings. The number of rotatable bonds is 3. The summed E-state index contributed by atoms with van der Waals surface area (Å²) < 4.78 is 0. The first-order valence-corrected chi connectivity index (χ1v) is 8.23. The molecular formula is C17H15N3O2S. The Bertz CT molecular complexity index is 816. The zero-order valence-corrected chi connectivity index (χ0v) is 13.5. The molecule has 0 spiro atoms. The topological polar surface area (TPSA) is 79.3 Å². The number of hydrogen-bond acceptors (Lipinski definition) is 5. The summed E-state index contributed by atoms with van der Waals surface area (Å²) in [4.78, 5) is 16.0. The summed E-state index contributed by atoms with van der Waals surface area (Å²) in [6.45, 7) is 2.23. The van der Waals surface area contributed by atoms with Crippen LogP contribution in [0.1, 0.15) is 34.9 Å². The Kier molecular flexibility index (Phi) is 4.22. The van der Waals surface area contributed by atoms with Crippen molar-refractivity contribution in [3.63, 3.8) is 0 Å². The van der Waals surface area contributed by atoms with Gasteiger partial charge in [-0.25, -0.2) is 4.99 Å². The summed E-state index contributed by atoms with van der Waals surface area (Å²) in [5.74, 6) is 0.652. The van der Waals surface area contributed by atoms with E-state index in [1.807, 2.05) is 0 Å². The SMILES string of the molecule is CC1CCc2c(sc(/N=C/c3ccc([N+](=O)[O-])cc3)c2C#N)C1. The Morgan fingerprint density at radius 1 is 1.43 bits per heavy atom. The van der Waals surface area contributed by atoms with Gasteiger partial charge in [0, 0.05) is 23.2 Å². The van der Waals surface area contributed by atoms with Gasteiger partial charge in [0.2, 0.25) is 0 Å². The molecule has 1 aromatic carbocycles.